The molecule has 2 heterocycles. The van der Waals surface area contributed by atoms with E-state index < -0.39 is 0 Å². The maximum atomic E-state index is 12.2. The molecule has 1 amide bonds. The van der Waals surface area contributed by atoms with E-state index in [0.29, 0.717) is 27.2 Å². The summed E-state index contributed by atoms with van der Waals surface area (Å²) < 4.78 is 5.53. The highest BCUT2D eigenvalue weighted by Crippen LogP contribution is 2.33. The summed E-state index contributed by atoms with van der Waals surface area (Å²) >= 11 is 1.34. The van der Waals surface area contributed by atoms with Crippen LogP contribution in [0.4, 0.5) is 0 Å². The Balaban J connectivity index is 1.48. The lowest BCUT2D eigenvalue weighted by atomic mass is 10.0. The van der Waals surface area contributed by atoms with Gasteiger partial charge in [-0.2, -0.15) is 0 Å². The smallest absolute Gasteiger partial charge is 0.263 e. The van der Waals surface area contributed by atoms with Crippen molar-refractivity contribution in [1.29, 1.82) is 0 Å². The van der Waals surface area contributed by atoms with Gasteiger partial charge in [0.05, 0.1) is 11.6 Å². The molecule has 5 nitrogen and oxygen atoms in total. The van der Waals surface area contributed by atoms with Crippen molar-refractivity contribution in [2.45, 2.75) is 18.9 Å². The molecule has 128 valence electrons. The van der Waals surface area contributed by atoms with Crippen LogP contribution >= 0.6 is 11.3 Å². The molecule has 5 rings (SSSR count). The number of carbonyl (C=O) groups excluding carboxylic acids is 1. The van der Waals surface area contributed by atoms with Gasteiger partial charge in [0.1, 0.15) is 15.6 Å². The number of fused-ring (bicyclic) bond motifs is 1. The van der Waals surface area contributed by atoms with Crippen LogP contribution in [0.1, 0.15) is 22.5 Å². The first-order valence-electron chi connectivity index (χ1n) is 8.50. The van der Waals surface area contributed by atoms with E-state index in [1.165, 1.54) is 11.3 Å². The molecule has 0 bridgehead atoms. The molecule has 0 spiro atoms. The highest BCUT2D eigenvalue weighted by molar-refractivity contribution is 7.17. The molecule has 0 radical (unpaired) electrons. The minimum Gasteiger partial charge on any atom is -0.356 e. The SMILES string of the molecule is O=C(NC1CC1)c1cnc(-c2noc3cc(-c4ccccc4)ccc23)s1. The maximum Gasteiger partial charge on any atom is 0.263 e. The van der Waals surface area contributed by atoms with Crippen molar-refractivity contribution in [3.63, 3.8) is 0 Å². The van der Waals surface area contributed by atoms with Crippen LogP contribution in [0.3, 0.4) is 0 Å². The van der Waals surface area contributed by atoms with Crippen molar-refractivity contribution in [3.8, 4) is 21.8 Å². The van der Waals surface area contributed by atoms with Crippen LogP contribution in [-0.2, 0) is 0 Å². The minimum atomic E-state index is -0.0598. The van der Waals surface area contributed by atoms with Crippen LogP contribution in [0, 0.1) is 0 Å². The number of amides is 1. The second kappa shape index (κ2) is 6.07. The second-order valence-corrected chi connectivity index (χ2v) is 7.42. The van der Waals surface area contributed by atoms with Gasteiger partial charge in [-0.05, 0) is 36.1 Å². The Kier molecular flexibility index (Phi) is 3.57. The van der Waals surface area contributed by atoms with Gasteiger partial charge in [-0.1, -0.05) is 41.6 Å². The molecule has 0 saturated heterocycles. The molecule has 0 atom stereocenters. The van der Waals surface area contributed by atoms with E-state index in [1.54, 1.807) is 6.20 Å². The fourth-order valence-electron chi connectivity index (χ4n) is 2.87. The third kappa shape index (κ3) is 2.78. The molecule has 0 aliphatic heterocycles. The Morgan fingerprint density at radius 3 is 2.77 bits per heavy atom. The number of thiazole rings is 1. The van der Waals surface area contributed by atoms with Gasteiger partial charge in [-0.25, -0.2) is 4.98 Å². The van der Waals surface area contributed by atoms with Gasteiger partial charge < -0.3 is 9.84 Å². The Morgan fingerprint density at radius 1 is 1.12 bits per heavy atom. The highest BCUT2D eigenvalue weighted by Gasteiger charge is 2.25. The van der Waals surface area contributed by atoms with Crippen molar-refractivity contribution >= 4 is 28.2 Å². The fraction of sp³-hybridized carbons (Fsp3) is 0.150. The van der Waals surface area contributed by atoms with Crippen LogP contribution in [0.25, 0.3) is 32.8 Å². The molecule has 26 heavy (non-hydrogen) atoms. The molecular formula is C20H15N3O2S. The van der Waals surface area contributed by atoms with Crippen LogP contribution in [-0.4, -0.2) is 22.1 Å². The largest absolute Gasteiger partial charge is 0.356 e. The number of hydrogen-bond donors (Lipinski definition) is 1. The van der Waals surface area contributed by atoms with Gasteiger partial charge >= 0.3 is 0 Å². The first kappa shape index (κ1) is 15.3. The van der Waals surface area contributed by atoms with E-state index >= 15 is 0 Å². The molecule has 2 aromatic heterocycles. The number of hydrogen-bond acceptors (Lipinski definition) is 5. The summed E-state index contributed by atoms with van der Waals surface area (Å²) in [5.74, 6) is -0.0598. The molecule has 6 heteroatoms. The van der Waals surface area contributed by atoms with Gasteiger partial charge in [0, 0.05) is 6.04 Å². The zero-order valence-corrected chi connectivity index (χ0v) is 14.6. The third-order valence-corrected chi connectivity index (χ3v) is 5.43. The van der Waals surface area contributed by atoms with Crippen molar-refractivity contribution in [1.82, 2.24) is 15.5 Å². The van der Waals surface area contributed by atoms with E-state index in [9.17, 15) is 4.79 Å². The van der Waals surface area contributed by atoms with E-state index in [0.717, 1.165) is 29.4 Å². The molecule has 1 aliphatic carbocycles. The predicted molar refractivity (Wildman–Crippen MR) is 101 cm³/mol. The summed E-state index contributed by atoms with van der Waals surface area (Å²) in [7, 11) is 0. The predicted octanol–water partition coefficient (Wildman–Crippen LogP) is 4.51. The highest BCUT2D eigenvalue weighted by atomic mass is 32.1. The quantitative estimate of drug-likeness (QED) is 0.581. The summed E-state index contributed by atoms with van der Waals surface area (Å²) in [5.41, 5.74) is 3.58. The first-order chi connectivity index (χ1) is 12.8. The molecule has 1 N–H and O–H groups in total. The summed E-state index contributed by atoms with van der Waals surface area (Å²) in [6.07, 6.45) is 3.74. The number of aromatic nitrogens is 2. The van der Waals surface area contributed by atoms with Gasteiger partial charge in [0.25, 0.3) is 5.91 Å². The third-order valence-electron chi connectivity index (χ3n) is 4.42. The standard InChI is InChI=1S/C20H15N3O2S/c24-19(22-14-7-8-14)17-11-21-20(26-17)18-15-9-6-13(10-16(15)25-23-18)12-4-2-1-3-5-12/h1-6,9-11,14H,7-8H2,(H,22,24). The molecule has 1 fully saturated rings. The van der Waals surface area contributed by atoms with Gasteiger partial charge in [0.2, 0.25) is 0 Å². The number of rotatable bonds is 4. The molecule has 0 unspecified atom stereocenters. The molecule has 2 aromatic carbocycles. The van der Waals surface area contributed by atoms with Gasteiger partial charge in [0.15, 0.2) is 5.58 Å². The fourth-order valence-corrected chi connectivity index (χ4v) is 3.69. The van der Waals surface area contributed by atoms with Gasteiger partial charge in [-0.15, -0.1) is 11.3 Å². The van der Waals surface area contributed by atoms with Crippen LogP contribution in [0.15, 0.2) is 59.3 Å². The summed E-state index contributed by atoms with van der Waals surface area (Å²) in [4.78, 5) is 17.1. The Morgan fingerprint density at radius 2 is 1.96 bits per heavy atom. The van der Waals surface area contributed by atoms with Gasteiger partial charge in [-0.3, -0.25) is 4.79 Å². The summed E-state index contributed by atoms with van der Waals surface area (Å²) in [6, 6.07) is 16.5. The Labute approximate surface area is 153 Å². The summed E-state index contributed by atoms with van der Waals surface area (Å²) in [5, 5.41) is 8.75. The lowest BCUT2D eigenvalue weighted by Gasteiger charge is -2.00. The number of benzene rings is 2. The summed E-state index contributed by atoms with van der Waals surface area (Å²) in [6.45, 7) is 0. The Hall–Kier alpha value is -2.99. The number of carbonyl (C=O) groups is 1. The van der Waals surface area contributed by atoms with E-state index in [1.807, 2.05) is 36.4 Å². The first-order valence-corrected chi connectivity index (χ1v) is 9.31. The normalized spacial score (nSPS) is 13.8. The lowest BCUT2D eigenvalue weighted by molar-refractivity contribution is 0.0955. The van der Waals surface area contributed by atoms with Crippen molar-refractivity contribution < 1.29 is 9.32 Å². The van der Waals surface area contributed by atoms with Crippen LogP contribution < -0.4 is 5.32 Å². The minimum absolute atomic E-state index is 0.0598. The zero-order valence-electron chi connectivity index (χ0n) is 13.8. The molecular weight excluding hydrogens is 346 g/mol. The number of nitrogens with one attached hydrogen (secondary N) is 1. The average Bonchev–Trinajstić information content (AvgIpc) is 3.20. The van der Waals surface area contributed by atoms with Crippen molar-refractivity contribution in [2.24, 2.45) is 0 Å². The monoisotopic (exact) mass is 361 g/mol. The Bertz CT molecular complexity index is 1100. The maximum absolute atomic E-state index is 12.2. The lowest BCUT2D eigenvalue weighted by Crippen LogP contribution is -2.24. The van der Waals surface area contributed by atoms with Crippen molar-refractivity contribution in [2.75, 3.05) is 0 Å². The molecule has 4 aromatic rings. The molecule has 1 saturated carbocycles. The van der Waals surface area contributed by atoms with E-state index in [2.05, 4.69) is 27.6 Å². The van der Waals surface area contributed by atoms with Crippen LogP contribution in [0.2, 0.25) is 0 Å². The van der Waals surface area contributed by atoms with Crippen LogP contribution in [0.5, 0.6) is 0 Å². The van der Waals surface area contributed by atoms with E-state index in [-0.39, 0.29) is 5.91 Å². The zero-order chi connectivity index (χ0) is 17.5. The number of nitrogens with zero attached hydrogens (tertiary/aromatic N) is 2. The average molecular weight is 361 g/mol. The molecule has 1 aliphatic rings. The second-order valence-electron chi connectivity index (χ2n) is 6.39. The topological polar surface area (TPSA) is 68.0 Å². The van der Waals surface area contributed by atoms with E-state index in [4.69, 9.17) is 4.52 Å². The van der Waals surface area contributed by atoms with Crippen molar-refractivity contribution in [3.05, 3.63) is 59.6 Å².